The Hall–Kier alpha value is -2.38. The van der Waals surface area contributed by atoms with E-state index in [0.717, 1.165) is 11.6 Å². The van der Waals surface area contributed by atoms with Crippen LogP contribution >= 0.6 is 0 Å². The van der Waals surface area contributed by atoms with Gasteiger partial charge in [0.05, 0.1) is 6.61 Å². The number of benzene rings is 2. The normalized spacial score (nSPS) is 9.86. The Kier molecular flexibility index (Phi) is 5.30. The van der Waals surface area contributed by atoms with Crippen molar-refractivity contribution in [2.75, 3.05) is 6.61 Å². The van der Waals surface area contributed by atoms with Crippen molar-refractivity contribution in [1.29, 1.82) is 0 Å². The first-order valence-electron chi connectivity index (χ1n) is 6.46. The minimum absolute atomic E-state index is 0.0351. The van der Waals surface area contributed by atoms with Crippen LogP contribution in [0.25, 0.3) is 0 Å². The quantitative estimate of drug-likeness (QED) is 0.875. The van der Waals surface area contributed by atoms with Gasteiger partial charge < -0.3 is 9.84 Å². The van der Waals surface area contributed by atoms with E-state index in [4.69, 9.17) is 9.84 Å². The highest BCUT2D eigenvalue weighted by Gasteiger charge is 2.07. The summed E-state index contributed by atoms with van der Waals surface area (Å²) in [5.41, 5.74) is 0.967. The van der Waals surface area contributed by atoms with Crippen molar-refractivity contribution in [3.8, 4) is 17.6 Å². The van der Waals surface area contributed by atoms with E-state index < -0.39 is 11.6 Å². The molecule has 0 aliphatic heterocycles. The molecular formula is C17H14F2O2. The predicted molar refractivity (Wildman–Crippen MR) is 75.7 cm³/mol. The Bertz CT molecular complexity index is 655. The monoisotopic (exact) mass is 288 g/mol. The largest absolute Gasteiger partial charge is 0.489 e. The first-order chi connectivity index (χ1) is 10.2. The average Bonchev–Trinajstić information content (AvgIpc) is 2.50. The molecule has 0 spiro atoms. The lowest BCUT2D eigenvalue weighted by atomic mass is 10.2. The summed E-state index contributed by atoms with van der Waals surface area (Å²) in [4.78, 5) is 0. The van der Waals surface area contributed by atoms with Crippen molar-refractivity contribution < 1.29 is 18.6 Å². The summed E-state index contributed by atoms with van der Waals surface area (Å²) in [5.74, 6) is 4.48. The topological polar surface area (TPSA) is 29.5 Å². The number of halogens is 2. The van der Waals surface area contributed by atoms with Crippen LogP contribution < -0.4 is 4.74 Å². The second-order valence-electron chi connectivity index (χ2n) is 4.30. The minimum Gasteiger partial charge on any atom is -0.489 e. The van der Waals surface area contributed by atoms with Crippen LogP contribution in [0.3, 0.4) is 0 Å². The van der Waals surface area contributed by atoms with Gasteiger partial charge in [0.1, 0.15) is 12.4 Å². The van der Waals surface area contributed by atoms with Gasteiger partial charge in [-0.1, -0.05) is 24.0 Å². The van der Waals surface area contributed by atoms with Gasteiger partial charge in [0, 0.05) is 17.5 Å². The SMILES string of the molecule is OCCC#Cc1ccc(OCc2cccc(F)c2F)cc1. The van der Waals surface area contributed by atoms with Crippen LogP contribution in [0, 0.1) is 23.5 Å². The summed E-state index contributed by atoms with van der Waals surface area (Å²) in [6.45, 7) is -0.00742. The van der Waals surface area contributed by atoms with E-state index >= 15 is 0 Å². The maximum Gasteiger partial charge on any atom is 0.165 e. The average molecular weight is 288 g/mol. The second kappa shape index (κ2) is 7.41. The van der Waals surface area contributed by atoms with Gasteiger partial charge in [-0.25, -0.2) is 8.78 Å². The lowest BCUT2D eigenvalue weighted by Gasteiger charge is -2.07. The number of aliphatic hydroxyl groups is 1. The zero-order chi connectivity index (χ0) is 15.1. The summed E-state index contributed by atoms with van der Waals surface area (Å²) in [7, 11) is 0. The summed E-state index contributed by atoms with van der Waals surface area (Å²) in [5, 5.41) is 8.63. The molecule has 0 unspecified atom stereocenters. The highest BCUT2D eigenvalue weighted by atomic mass is 19.2. The molecule has 108 valence electrons. The Morgan fingerprint density at radius 3 is 2.52 bits per heavy atom. The second-order valence-corrected chi connectivity index (χ2v) is 4.30. The minimum atomic E-state index is -0.885. The molecule has 0 heterocycles. The highest BCUT2D eigenvalue weighted by Crippen LogP contribution is 2.16. The third-order valence-electron chi connectivity index (χ3n) is 2.75. The molecule has 1 N–H and O–H groups in total. The van der Waals surface area contributed by atoms with E-state index in [-0.39, 0.29) is 18.8 Å². The molecule has 0 amide bonds. The summed E-state index contributed by atoms with van der Waals surface area (Å²) < 4.78 is 31.9. The zero-order valence-corrected chi connectivity index (χ0v) is 11.3. The van der Waals surface area contributed by atoms with Gasteiger partial charge in [0.25, 0.3) is 0 Å². The molecule has 2 nitrogen and oxygen atoms in total. The van der Waals surface area contributed by atoms with Crippen molar-refractivity contribution >= 4 is 0 Å². The first-order valence-corrected chi connectivity index (χ1v) is 6.46. The van der Waals surface area contributed by atoms with Crippen molar-refractivity contribution in [1.82, 2.24) is 0 Å². The Morgan fingerprint density at radius 1 is 1.05 bits per heavy atom. The molecular weight excluding hydrogens is 274 g/mol. The van der Waals surface area contributed by atoms with E-state index in [9.17, 15) is 8.78 Å². The number of hydrogen-bond acceptors (Lipinski definition) is 2. The molecule has 4 heteroatoms. The van der Waals surface area contributed by atoms with Gasteiger partial charge in [-0.05, 0) is 30.3 Å². The third kappa shape index (κ3) is 4.30. The van der Waals surface area contributed by atoms with Crippen molar-refractivity contribution in [3.05, 3.63) is 65.2 Å². The molecule has 0 atom stereocenters. The van der Waals surface area contributed by atoms with Gasteiger partial charge in [-0.3, -0.25) is 0 Å². The van der Waals surface area contributed by atoms with Gasteiger partial charge in [-0.2, -0.15) is 0 Å². The molecule has 0 bridgehead atoms. The van der Waals surface area contributed by atoms with Crippen LogP contribution in [0.15, 0.2) is 42.5 Å². The fourth-order valence-electron chi connectivity index (χ4n) is 1.68. The van der Waals surface area contributed by atoms with Crippen LogP contribution in [0.4, 0.5) is 8.78 Å². The van der Waals surface area contributed by atoms with Crippen LogP contribution in [0.1, 0.15) is 17.5 Å². The maximum absolute atomic E-state index is 13.4. The molecule has 0 saturated carbocycles. The van der Waals surface area contributed by atoms with E-state index in [2.05, 4.69) is 11.8 Å². The number of hydrogen-bond donors (Lipinski definition) is 1. The first kappa shape index (κ1) is 15.0. The Morgan fingerprint density at radius 2 is 1.81 bits per heavy atom. The molecule has 0 aliphatic rings. The van der Waals surface area contributed by atoms with Crippen LogP contribution in [-0.4, -0.2) is 11.7 Å². The molecule has 2 aromatic rings. The standard InChI is InChI=1S/C17H14F2O2/c18-16-6-3-5-14(17(16)19)12-21-15-9-7-13(8-10-15)4-1-2-11-20/h3,5-10,20H,2,11-12H2. The van der Waals surface area contributed by atoms with Gasteiger partial charge in [-0.15, -0.1) is 0 Å². The molecule has 0 radical (unpaired) electrons. The molecule has 0 saturated heterocycles. The number of rotatable bonds is 4. The van der Waals surface area contributed by atoms with Crippen LogP contribution in [0.2, 0.25) is 0 Å². The van der Waals surface area contributed by atoms with E-state index in [1.165, 1.54) is 12.1 Å². The van der Waals surface area contributed by atoms with E-state index in [0.29, 0.717) is 12.2 Å². The fourth-order valence-corrected chi connectivity index (χ4v) is 1.68. The lowest BCUT2D eigenvalue weighted by molar-refractivity contribution is 0.297. The Labute approximate surface area is 122 Å². The molecule has 2 aromatic carbocycles. The van der Waals surface area contributed by atoms with Crippen molar-refractivity contribution in [2.24, 2.45) is 0 Å². The summed E-state index contributed by atoms with van der Waals surface area (Å²) in [6, 6.07) is 10.9. The highest BCUT2D eigenvalue weighted by molar-refractivity contribution is 5.38. The van der Waals surface area contributed by atoms with Gasteiger partial charge in [0.15, 0.2) is 11.6 Å². The van der Waals surface area contributed by atoms with Gasteiger partial charge >= 0.3 is 0 Å². The van der Waals surface area contributed by atoms with E-state index in [1.807, 2.05) is 0 Å². The maximum atomic E-state index is 13.4. The molecule has 2 rings (SSSR count). The van der Waals surface area contributed by atoms with Crippen molar-refractivity contribution in [2.45, 2.75) is 13.0 Å². The fraction of sp³-hybridized carbons (Fsp3) is 0.176. The van der Waals surface area contributed by atoms with E-state index in [1.54, 1.807) is 24.3 Å². The zero-order valence-electron chi connectivity index (χ0n) is 11.3. The molecule has 0 aromatic heterocycles. The predicted octanol–water partition coefficient (Wildman–Crippen LogP) is 3.28. The Balaban J connectivity index is 1.98. The number of aliphatic hydroxyl groups excluding tert-OH is 1. The lowest BCUT2D eigenvalue weighted by Crippen LogP contribution is -2.00. The van der Waals surface area contributed by atoms with Crippen LogP contribution in [0.5, 0.6) is 5.75 Å². The van der Waals surface area contributed by atoms with Crippen LogP contribution in [-0.2, 0) is 6.61 Å². The third-order valence-corrected chi connectivity index (χ3v) is 2.75. The van der Waals surface area contributed by atoms with Crippen molar-refractivity contribution in [3.63, 3.8) is 0 Å². The molecule has 0 aliphatic carbocycles. The smallest absolute Gasteiger partial charge is 0.165 e. The summed E-state index contributed by atoms with van der Waals surface area (Å²) >= 11 is 0. The molecule has 0 fully saturated rings. The van der Waals surface area contributed by atoms with Gasteiger partial charge in [0.2, 0.25) is 0 Å². The summed E-state index contributed by atoms with van der Waals surface area (Å²) in [6.07, 6.45) is 0.428. The molecule has 21 heavy (non-hydrogen) atoms. The number of ether oxygens (including phenoxy) is 1.